The predicted molar refractivity (Wildman–Crippen MR) is 105 cm³/mol. The van der Waals surface area contributed by atoms with Crippen molar-refractivity contribution < 1.29 is 9.47 Å². The van der Waals surface area contributed by atoms with Crippen LogP contribution in [-0.2, 0) is 11.5 Å². The molecule has 0 aliphatic carbocycles. The molecule has 0 aromatic carbocycles. The normalized spacial score (nSPS) is 12.8. The van der Waals surface area contributed by atoms with E-state index in [4.69, 9.17) is 9.47 Å². The molecule has 0 aliphatic heterocycles. The molecule has 24 heavy (non-hydrogen) atoms. The number of hydrogen-bond acceptors (Lipinski definition) is 4. The highest BCUT2D eigenvalue weighted by molar-refractivity contribution is 6.76. The summed E-state index contributed by atoms with van der Waals surface area (Å²) in [4.78, 5) is 8.74. The molecule has 134 valence electrons. The molecule has 0 radical (unpaired) electrons. The smallest absolute Gasteiger partial charge is 0.299 e. The SMILES string of the molecule is C[Si](C)(C)CCOCn1c(OCC[Si](C)(C)C)nc2cnccc21. The van der Waals surface area contributed by atoms with Gasteiger partial charge in [0, 0.05) is 29.0 Å². The molecular weight excluding hydrogens is 334 g/mol. The number of aromatic nitrogens is 3. The average molecular weight is 366 g/mol. The van der Waals surface area contributed by atoms with E-state index in [1.807, 2.05) is 10.6 Å². The Morgan fingerprint density at radius 3 is 2.33 bits per heavy atom. The standard InChI is InChI=1S/C17H31N3O2Si2/c1-23(2,3)11-9-21-14-20-16-7-8-18-13-15(16)19-17(20)22-10-12-24(4,5)6/h7-8,13H,9-12,14H2,1-6H3. The Bertz CT molecular complexity index is 660. The van der Waals surface area contributed by atoms with Gasteiger partial charge < -0.3 is 9.47 Å². The van der Waals surface area contributed by atoms with Crippen LogP contribution in [0.5, 0.6) is 6.01 Å². The summed E-state index contributed by atoms with van der Waals surface area (Å²) in [5.74, 6) is 0. The van der Waals surface area contributed by atoms with Gasteiger partial charge in [-0.3, -0.25) is 9.55 Å². The first-order valence-electron chi connectivity index (χ1n) is 8.66. The van der Waals surface area contributed by atoms with Gasteiger partial charge in [-0.1, -0.05) is 39.3 Å². The monoisotopic (exact) mass is 365 g/mol. The highest BCUT2D eigenvalue weighted by atomic mass is 28.3. The first-order valence-corrected chi connectivity index (χ1v) is 16.1. The largest absolute Gasteiger partial charge is 0.465 e. The highest BCUT2D eigenvalue weighted by Gasteiger charge is 2.17. The fourth-order valence-corrected chi connectivity index (χ4v) is 3.65. The third kappa shape index (κ3) is 6.03. The molecule has 0 saturated carbocycles. The number of imidazole rings is 1. The van der Waals surface area contributed by atoms with Gasteiger partial charge in [-0.25, -0.2) is 0 Å². The summed E-state index contributed by atoms with van der Waals surface area (Å²) in [6.45, 7) is 16.1. The molecule has 5 nitrogen and oxygen atoms in total. The van der Waals surface area contributed by atoms with Crippen molar-refractivity contribution in [1.82, 2.24) is 14.5 Å². The number of ether oxygens (including phenoxy) is 2. The van der Waals surface area contributed by atoms with Crippen LogP contribution in [0.1, 0.15) is 0 Å². The molecule has 0 aliphatic rings. The molecule has 0 saturated heterocycles. The van der Waals surface area contributed by atoms with Crippen LogP contribution in [0.25, 0.3) is 11.0 Å². The van der Waals surface area contributed by atoms with E-state index < -0.39 is 16.1 Å². The summed E-state index contributed by atoms with van der Waals surface area (Å²) in [6, 6.07) is 4.89. The number of fused-ring (bicyclic) bond motifs is 1. The van der Waals surface area contributed by atoms with E-state index in [1.165, 1.54) is 0 Å². The van der Waals surface area contributed by atoms with Gasteiger partial charge in [0.15, 0.2) is 0 Å². The van der Waals surface area contributed by atoms with Crippen LogP contribution in [-0.4, -0.2) is 43.9 Å². The lowest BCUT2D eigenvalue weighted by molar-refractivity contribution is 0.0821. The predicted octanol–water partition coefficient (Wildman–Crippen LogP) is 4.46. The molecule has 0 N–H and O–H groups in total. The molecular formula is C17H31N3O2Si2. The second-order valence-electron chi connectivity index (χ2n) is 8.69. The van der Waals surface area contributed by atoms with Crippen LogP contribution in [0.4, 0.5) is 0 Å². The van der Waals surface area contributed by atoms with Crippen LogP contribution in [0.2, 0.25) is 51.4 Å². The summed E-state index contributed by atoms with van der Waals surface area (Å²) in [5, 5.41) is 0. The maximum absolute atomic E-state index is 5.98. The Morgan fingerprint density at radius 2 is 1.67 bits per heavy atom. The Kier molecular flexibility index (Phi) is 6.22. The quantitative estimate of drug-likeness (QED) is 0.486. The average Bonchev–Trinajstić information content (AvgIpc) is 2.79. The number of pyridine rings is 1. The fourth-order valence-electron chi connectivity index (χ4n) is 2.18. The van der Waals surface area contributed by atoms with Crippen molar-refractivity contribution in [2.24, 2.45) is 0 Å². The van der Waals surface area contributed by atoms with Crippen LogP contribution < -0.4 is 4.74 Å². The number of hydrogen-bond donors (Lipinski definition) is 0. The molecule has 2 heterocycles. The van der Waals surface area contributed by atoms with E-state index in [0.29, 0.717) is 19.3 Å². The van der Waals surface area contributed by atoms with Gasteiger partial charge in [0.1, 0.15) is 12.2 Å². The first-order chi connectivity index (χ1) is 11.2. The van der Waals surface area contributed by atoms with Gasteiger partial charge in [-0.2, -0.15) is 4.98 Å². The summed E-state index contributed by atoms with van der Waals surface area (Å²) in [6.07, 6.45) is 3.56. The van der Waals surface area contributed by atoms with E-state index in [0.717, 1.165) is 29.7 Å². The van der Waals surface area contributed by atoms with Crippen molar-refractivity contribution >= 4 is 27.2 Å². The van der Waals surface area contributed by atoms with Crippen molar-refractivity contribution in [3.63, 3.8) is 0 Å². The molecule has 0 unspecified atom stereocenters. The second-order valence-corrected chi connectivity index (χ2v) is 19.9. The second kappa shape index (κ2) is 7.80. The zero-order valence-corrected chi connectivity index (χ0v) is 17.9. The van der Waals surface area contributed by atoms with Crippen LogP contribution in [0.15, 0.2) is 18.5 Å². The van der Waals surface area contributed by atoms with Crippen molar-refractivity contribution in [3.05, 3.63) is 18.5 Å². The van der Waals surface area contributed by atoms with Gasteiger partial charge in [0.2, 0.25) is 0 Å². The maximum atomic E-state index is 5.98. The van der Waals surface area contributed by atoms with E-state index in [2.05, 4.69) is 49.3 Å². The lowest BCUT2D eigenvalue weighted by atomic mass is 10.4. The minimum absolute atomic E-state index is 0.479. The Balaban J connectivity index is 2.06. The molecule has 0 spiro atoms. The zero-order valence-electron chi connectivity index (χ0n) is 15.9. The topological polar surface area (TPSA) is 49.2 Å². The van der Waals surface area contributed by atoms with E-state index in [1.54, 1.807) is 12.4 Å². The molecule has 0 bridgehead atoms. The van der Waals surface area contributed by atoms with Gasteiger partial charge in [-0.15, -0.1) is 0 Å². The molecule has 2 rings (SSSR count). The first kappa shape index (κ1) is 19.1. The van der Waals surface area contributed by atoms with E-state index >= 15 is 0 Å². The molecule has 0 atom stereocenters. The van der Waals surface area contributed by atoms with Gasteiger partial charge in [-0.05, 0) is 18.2 Å². The van der Waals surface area contributed by atoms with Crippen LogP contribution >= 0.6 is 0 Å². The molecule has 0 fully saturated rings. The Labute approximate surface area is 147 Å². The fraction of sp³-hybridized carbons (Fsp3) is 0.647. The minimum atomic E-state index is -1.12. The minimum Gasteiger partial charge on any atom is -0.465 e. The Hall–Kier alpha value is -1.19. The maximum Gasteiger partial charge on any atom is 0.299 e. The van der Waals surface area contributed by atoms with Gasteiger partial charge in [0.25, 0.3) is 6.01 Å². The summed E-state index contributed by atoms with van der Waals surface area (Å²) in [5.41, 5.74) is 1.87. The van der Waals surface area contributed by atoms with Crippen molar-refractivity contribution in [2.45, 2.75) is 58.1 Å². The number of nitrogens with zero attached hydrogens (tertiary/aromatic N) is 3. The van der Waals surface area contributed by atoms with E-state index in [-0.39, 0.29) is 0 Å². The summed E-state index contributed by atoms with van der Waals surface area (Å²) >= 11 is 0. The Morgan fingerprint density at radius 1 is 1.00 bits per heavy atom. The van der Waals surface area contributed by atoms with Crippen molar-refractivity contribution in [3.8, 4) is 6.01 Å². The number of rotatable bonds is 9. The van der Waals surface area contributed by atoms with Crippen LogP contribution in [0.3, 0.4) is 0 Å². The zero-order chi connectivity index (χ0) is 17.8. The molecule has 2 aromatic rings. The third-order valence-electron chi connectivity index (χ3n) is 3.82. The highest BCUT2D eigenvalue weighted by Crippen LogP contribution is 2.21. The lowest BCUT2D eigenvalue weighted by Gasteiger charge is -2.17. The van der Waals surface area contributed by atoms with Crippen molar-refractivity contribution in [1.29, 1.82) is 0 Å². The summed E-state index contributed by atoms with van der Waals surface area (Å²) < 4.78 is 13.9. The molecule has 0 amide bonds. The third-order valence-corrected chi connectivity index (χ3v) is 7.22. The summed E-state index contributed by atoms with van der Waals surface area (Å²) in [7, 11) is -2.20. The molecule has 2 aromatic heterocycles. The van der Waals surface area contributed by atoms with Gasteiger partial charge >= 0.3 is 0 Å². The van der Waals surface area contributed by atoms with E-state index in [9.17, 15) is 0 Å². The van der Waals surface area contributed by atoms with Gasteiger partial charge in [0.05, 0.1) is 18.3 Å². The molecule has 7 heteroatoms. The van der Waals surface area contributed by atoms with Crippen molar-refractivity contribution in [2.75, 3.05) is 13.2 Å². The van der Waals surface area contributed by atoms with Crippen LogP contribution in [0, 0.1) is 0 Å². The lowest BCUT2D eigenvalue weighted by Crippen LogP contribution is -2.23.